The van der Waals surface area contributed by atoms with Crippen molar-refractivity contribution in [2.75, 3.05) is 31.1 Å². The number of anilines is 1. The molecule has 2 fully saturated rings. The number of aromatic nitrogens is 2. The first kappa shape index (κ1) is 20.9. The highest BCUT2D eigenvalue weighted by atomic mass is 35.5. The Morgan fingerprint density at radius 3 is 2.73 bits per heavy atom. The molecule has 0 aliphatic carbocycles. The molecule has 0 N–H and O–H groups in total. The van der Waals surface area contributed by atoms with Gasteiger partial charge in [0.2, 0.25) is 5.91 Å². The van der Waals surface area contributed by atoms with Crippen LogP contribution in [-0.2, 0) is 16.1 Å². The number of halogens is 1. The van der Waals surface area contributed by atoms with Gasteiger partial charge >= 0.3 is 0 Å². The van der Waals surface area contributed by atoms with Crippen LogP contribution in [0.4, 0.5) is 5.69 Å². The summed E-state index contributed by atoms with van der Waals surface area (Å²) in [5, 5.41) is 4.39. The zero-order chi connectivity index (χ0) is 21.3. The largest absolute Gasteiger partial charge is 0.358 e. The average molecular weight is 431 g/mol. The molecule has 160 valence electrons. The summed E-state index contributed by atoms with van der Waals surface area (Å²) < 4.78 is 6.98. The number of hydrogen-bond acceptors (Lipinski definition) is 5. The van der Waals surface area contributed by atoms with E-state index in [0.717, 1.165) is 24.8 Å². The van der Waals surface area contributed by atoms with Gasteiger partial charge in [0, 0.05) is 26.2 Å². The maximum atomic E-state index is 12.8. The lowest BCUT2D eigenvalue weighted by molar-refractivity contribution is -0.131. The van der Waals surface area contributed by atoms with Gasteiger partial charge in [-0.2, -0.15) is 9.78 Å². The van der Waals surface area contributed by atoms with Crippen molar-refractivity contribution in [2.24, 2.45) is 0 Å². The van der Waals surface area contributed by atoms with Crippen LogP contribution in [0.25, 0.3) is 0 Å². The number of carbonyl (C=O) groups is 1. The van der Waals surface area contributed by atoms with Crippen molar-refractivity contribution in [1.82, 2.24) is 14.7 Å². The predicted molar refractivity (Wildman–Crippen MR) is 116 cm³/mol. The van der Waals surface area contributed by atoms with Crippen LogP contribution in [0.1, 0.15) is 42.2 Å². The highest BCUT2D eigenvalue weighted by Crippen LogP contribution is 2.26. The minimum Gasteiger partial charge on any atom is -0.358 e. The molecule has 0 saturated carbocycles. The quantitative estimate of drug-likeness (QED) is 0.745. The van der Waals surface area contributed by atoms with E-state index in [0.29, 0.717) is 31.9 Å². The molecular formula is C22H27ClN4O3. The van der Waals surface area contributed by atoms with Crippen LogP contribution in [0.15, 0.2) is 29.2 Å². The summed E-state index contributed by atoms with van der Waals surface area (Å²) in [6.45, 7) is 6.68. The van der Waals surface area contributed by atoms with Crippen LogP contribution in [-0.4, -0.2) is 46.8 Å². The van der Waals surface area contributed by atoms with Gasteiger partial charge in [-0.1, -0.05) is 35.4 Å². The maximum absolute atomic E-state index is 12.8. The van der Waals surface area contributed by atoms with Crippen LogP contribution in [0.5, 0.6) is 0 Å². The van der Waals surface area contributed by atoms with E-state index in [9.17, 15) is 9.59 Å². The molecule has 0 spiro atoms. The van der Waals surface area contributed by atoms with Gasteiger partial charge in [0.15, 0.2) is 6.23 Å². The number of amides is 1. The van der Waals surface area contributed by atoms with Gasteiger partial charge in [0.05, 0.1) is 18.4 Å². The first-order valence-electron chi connectivity index (χ1n) is 10.4. The number of aryl methyl sites for hydroxylation is 2. The number of benzene rings is 1. The molecule has 4 rings (SSSR count). The van der Waals surface area contributed by atoms with Gasteiger partial charge in [-0.25, -0.2) is 0 Å². The Balaban J connectivity index is 1.47. The second kappa shape index (κ2) is 8.78. The molecule has 3 heterocycles. The Labute approximate surface area is 181 Å². The van der Waals surface area contributed by atoms with E-state index in [4.69, 9.17) is 16.3 Å². The summed E-state index contributed by atoms with van der Waals surface area (Å²) in [4.78, 5) is 29.2. The van der Waals surface area contributed by atoms with Gasteiger partial charge in [-0.3, -0.25) is 9.59 Å². The Morgan fingerprint density at radius 2 is 2.03 bits per heavy atom. The monoisotopic (exact) mass is 430 g/mol. The molecule has 2 aliphatic heterocycles. The second-order valence-corrected chi connectivity index (χ2v) is 8.46. The van der Waals surface area contributed by atoms with Crippen molar-refractivity contribution in [1.29, 1.82) is 0 Å². The number of ether oxygens (including phenoxy) is 1. The summed E-state index contributed by atoms with van der Waals surface area (Å²) in [5.74, 6) is 0.0112. The lowest BCUT2D eigenvalue weighted by atomic mass is 10.0. The molecule has 8 heteroatoms. The van der Waals surface area contributed by atoms with Crippen molar-refractivity contribution in [3.8, 4) is 0 Å². The van der Waals surface area contributed by atoms with Gasteiger partial charge in [-0.15, -0.1) is 0 Å². The number of hydrogen-bond donors (Lipinski definition) is 0. The molecule has 7 nitrogen and oxygen atoms in total. The third-order valence-corrected chi connectivity index (χ3v) is 6.23. The summed E-state index contributed by atoms with van der Waals surface area (Å²) in [6, 6.07) is 6.28. The molecule has 1 aromatic carbocycles. The van der Waals surface area contributed by atoms with E-state index < -0.39 is 0 Å². The van der Waals surface area contributed by atoms with Crippen LogP contribution < -0.4 is 10.5 Å². The van der Waals surface area contributed by atoms with Crippen LogP contribution in [0.2, 0.25) is 5.02 Å². The molecule has 1 atom stereocenters. The fraction of sp³-hybridized carbons (Fsp3) is 0.500. The van der Waals surface area contributed by atoms with Crippen LogP contribution in [0.3, 0.4) is 0 Å². The number of carbonyl (C=O) groups excluding carboxylic acids is 1. The van der Waals surface area contributed by atoms with E-state index in [1.54, 1.807) is 6.20 Å². The molecule has 2 aliphatic rings. The fourth-order valence-electron chi connectivity index (χ4n) is 4.09. The number of rotatable bonds is 4. The normalized spacial score (nSPS) is 20.0. The molecule has 1 amide bonds. The summed E-state index contributed by atoms with van der Waals surface area (Å²) in [6.07, 6.45) is 3.95. The van der Waals surface area contributed by atoms with Crippen molar-refractivity contribution >= 4 is 23.2 Å². The Hall–Kier alpha value is -2.38. The zero-order valence-corrected chi connectivity index (χ0v) is 18.2. The van der Waals surface area contributed by atoms with Crippen molar-refractivity contribution < 1.29 is 9.53 Å². The fourth-order valence-corrected chi connectivity index (χ4v) is 4.34. The van der Waals surface area contributed by atoms with Crippen molar-refractivity contribution in [2.45, 2.75) is 45.9 Å². The van der Waals surface area contributed by atoms with Gasteiger partial charge in [0.1, 0.15) is 5.02 Å². The third kappa shape index (κ3) is 4.23. The predicted octanol–water partition coefficient (Wildman–Crippen LogP) is 3.06. The van der Waals surface area contributed by atoms with E-state index in [1.807, 2.05) is 9.80 Å². The lowest BCUT2D eigenvalue weighted by Crippen LogP contribution is -2.50. The smallest absolute Gasteiger partial charge is 0.290 e. The maximum Gasteiger partial charge on any atom is 0.290 e. The van der Waals surface area contributed by atoms with Crippen LogP contribution >= 0.6 is 11.6 Å². The first-order chi connectivity index (χ1) is 14.4. The molecule has 0 radical (unpaired) electrons. The topological polar surface area (TPSA) is 67.7 Å². The Kier molecular flexibility index (Phi) is 6.11. The first-order valence-corrected chi connectivity index (χ1v) is 10.8. The standard InChI is InChI=1S/C22H27ClN4O3/c1-15-6-7-17(16(2)11-15)13-26-9-8-25(14-19(26)28)18-12-24-27(22(29)21(18)23)20-5-3-4-10-30-20/h6-7,11-12,20H,3-5,8-10,13-14H2,1-2H3. The zero-order valence-electron chi connectivity index (χ0n) is 17.4. The Bertz CT molecular complexity index is 1000. The Morgan fingerprint density at radius 1 is 1.20 bits per heavy atom. The van der Waals surface area contributed by atoms with E-state index >= 15 is 0 Å². The third-order valence-electron chi connectivity index (χ3n) is 5.87. The summed E-state index contributed by atoms with van der Waals surface area (Å²) in [7, 11) is 0. The molecule has 2 saturated heterocycles. The molecular weight excluding hydrogens is 404 g/mol. The number of piperazine rings is 1. The minimum absolute atomic E-state index is 0.0112. The minimum atomic E-state index is -0.369. The molecule has 0 bridgehead atoms. The van der Waals surface area contributed by atoms with Crippen molar-refractivity contribution in [3.63, 3.8) is 0 Å². The van der Waals surface area contributed by atoms with E-state index in [-0.39, 0.29) is 29.3 Å². The second-order valence-electron chi connectivity index (χ2n) is 8.08. The molecule has 1 aromatic heterocycles. The number of nitrogens with zero attached hydrogens (tertiary/aromatic N) is 4. The van der Waals surface area contributed by atoms with Gasteiger partial charge in [-0.05, 0) is 44.2 Å². The molecule has 1 unspecified atom stereocenters. The van der Waals surface area contributed by atoms with E-state index in [1.165, 1.54) is 15.8 Å². The lowest BCUT2D eigenvalue weighted by Gasteiger charge is -2.36. The summed E-state index contributed by atoms with van der Waals surface area (Å²) >= 11 is 6.40. The van der Waals surface area contributed by atoms with E-state index in [2.05, 4.69) is 37.1 Å². The average Bonchev–Trinajstić information content (AvgIpc) is 2.74. The molecule has 2 aromatic rings. The van der Waals surface area contributed by atoms with Gasteiger partial charge < -0.3 is 14.5 Å². The highest BCUT2D eigenvalue weighted by Gasteiger charge is 2.28. The van der Waals surface area contributed by atoms with Gasteiger partial charge in [0.25, 0.3) is 5.56 Å². The molecule has 30 heavy (non-hydrogen) atoms. The van der Waals surface area contributed by atoms with Crippen LogP contribution in [0, 0.1) is 13.8 Å². The van der Waals surface area contributed by atoms with Crippen molar-refractivity contribution in [3.05, 3.63) is 56.5 Å². The highest BCUT2D eigenvalue weighted by molar-refractivity contribution is 6.33. The summed E-state index contributed by atoms with van der Waals surface area (Å²) in [5.41, 5.74) is 3.69. The SMILES string of the molecule is Cc1ccc(CN2CCN(c3cnn(C4CCCCO4)c(=O)c3Cl)CC2=O)c(C)c1.